The van der Waals surface area contributed by atoms with E-state index in [1.807, 2.05) is 0 Å². The van der Waals surface area contributed by atoms with Crippen molar-refractivity contribution in [3.05, 3.63) is 194 Å². The Morgan fingerprint density at radius 2 is 0.842 bits per heavy atom. The van der Waals surface area contributed by atoms with Gasteiger partial charge in [0.2, 0.25) is 0 Å². The number of hydrogen-bond donors (Lipinski definition) is 0. The average molecular weight is 739 g/mol. The van der Waals surface area contributed by atoms with Gasteiger partial charge in [-0.3, -0.25) is 0 Å². The first kappa shape index (κ1) is 32.4. The van der Waals surface area contributed by atoms with Crippen LogP contribution in [0.15, 0.2) is 194 Å². The lowest BCUT2D eigenvalue weighted by atomic mass is 9.83. The highest BCUT2D eigenvalue weighted by molar-refractivity contribution is 7.05. The predicted octanol–water partition coefficient (Wildman–Crippen LogP) is 14.4. The van der Waals surface area contributed by atoms with Gasteiger partial charge in [0.25, 0.3) is 0 Å². The summed E-state index contributed by atoms with van der Waals surface area (Å²) in [4.78, 5) is 0. The van der Waals surface area contributed by atoms with E-state index in [0.29, 0.717) is 0 Å². The summed E-state index contributed by atoms with van der Waals surface area (Å²) in [6.45, 7) is 5.17. The lowest BCUT2D eigenvalue weighted by molar-refractivity contribution is 1.66. The van der Waals surface area contributed by atoms with E-state index in [1.165, 1.54) is 114 Å². The van der Waals surface area contributed by atoms with Gasteiger partial charge in [0.1, 0.15) is 8.07 Å². The third-order valence-electron chi connectivity index (χ3n) is 12.9. The van der Waals surface area contributed by atoms with E-state index in [1.54, 1.807) is 5.19 Å². The van der Waals surface area contributed by atoms with Crippen LogP contribution in [0.5, 0.6) is 0 Å². The van der Waals surface area contributed by atoms with Crippen LogP contribution in [0.1, 0.15) is 0 Å². The van der Waals surface area contributed by atoms with Gasteiger partial charge in [-0.25, -0.2) is 0 Å². The number of rotatable bonds is 3. The minimum atomic E-state index is -2.25. The molecule has 0 saturated heterocycles. The maximum atomic E-state index is 2.59. The van der Waals surface area contributed by atoms with Crippen LogP contribution in [-0.2, 0) is 0 Å². The topological polar surface area (TPSA) is 0 Å². The molecular formula is C56H38Si. The Bertz CT molecular complexity index is 3490. The zero-order valence-corrected chi connectivity index (χ0v) is 33.0. The molecule has 57 heavy (non-hydrogen) atoms. The van der Waals surface area contributed by atoms with Crippen LogP contribution in [0.2, 0.25) is 13.1 Å². The molecule has 0 amide bonds. The molecule has 0 bridgehead atoms. The van der Waals surface area contributed by atoms with E-state index in [0.717, 1.165) is 0 Å². The normalized spacial score (nSPS) is 13.2. The minimum absolute atomic E-state index is 1.24. The van der Waals surface area contributed by atoms with Gasteiger partial charge in [-0.2, -0.15) is 0 Å². The summed E-state index contributed by atoms with van der Waals surface area (Å²) in [7, 11) is -2.25. The van der Waals surface area contributed by atoms with E-state index in [4.69, 9.17) is 0 Å². The van der Waals surface area contributed by atoms with Gasteiger partial charge in [0.05, 0.1) is 0 Å². The highest BCUT2D eigenvalue weighted by Crippen LogP contribution is 2.48. The highest BCUT2D eigenvalue weighted by atomic mass is 28.3. The van der Waals surface area contributed by atoms with Crippen molar-refractivity contribution in [2.24, 2.45) is 0 Å². The van der Waals surface area contributed by atoms with Crippen LogP contribution >= 0.6 is 0 Å². The lowest BCUT2D eigenvalue weighted by Gasteiger charge is -2.26. The first-order valence-corrected chi connectivity index (χ1v) is 23.1. The van der Waals surface area contributed by atoms with Crippen molar-refractivity contribution in [1.82, 2.24) is 0 Å². The molecule has 1 heteroatoms. The Kier molecular flexibility index (Phi) is 6.88. The van der Waals surface area contributed by atoms with Crippen LogP contribution in [0, 0.1) is 0 Å². The molecule has 0 fully saturated rings. The fraction of sp³-hybridized carbons (Fsp3) is 0.0357. The van der Waals surface area contributed by atoms with Crippen molar-refractivity contribution in [2.75, 3.05) is 0 Å². The van der Waals surface area contributed by atoms with Gasteiger partial charge in [0.15, 0.2) is 0 Å². The molecule has 0 spiro atoms. The Morgan fingerprint density at radius 3 is 1.54 bits per heavy atom. The Balaban J connectivity index is 1.28. The SMILES string of the molecule is C[Si]1(C)c2cc3ccccc3cc2-c2ccc3c(-c4ccc5ccccc5c4)c4ccc(-c5cccc6ccccc56)cc4c(-c4ccc5ccccc5c4)c3c21. The number of benzene rings is 11. The van der Waals surface area contributed by atoms with Crippen LogP contribution in [0.25, 0.3) is 109 Å². The van der Waals surface area contributed by atoms with E-state index >= 15 is 0 Å². The zero-order valence-electron chi connectivity index (χ0n) is 32.0. The van der Waals surface area contributed by atoms with E-state index in [-0.39, 0.29) is 0 Å². The fourth-order valence-electron chi connectivity index (χ4n) is 10.3. The summed E-state index contributed by atoms with van der Waals surface area (Å²) >= 11 is 0. The summed E-state index contributed by atoms with van der Waals surface area (Å²) in [6.07, 6.45) is 0. The van der Waals surface area contributed by atoms with Crippen LogP contribution in [-0.4, -0.2) is 8.07 Å². The molecule has 11 aromatic rings. The summed E-state index contributed by atoms with van der Waals surface area (Å²) in [6, 6.07) is 73.3. The molecule has 0 radical (unpaired) electrons. The predicted molar refractivity (Wildman–Crippen MR) is 250 cm³/mol. The summed E-state index contributed by atoms with van der Waals surface area (Å²) < 4.78 is 0. The second-order valence-corrected chi connectivity index (χ2v) is 20.7. The van der Waals surface area contributed by atoms with Gasteiger partial charge in [-0.15, -0.1) is 0 Å². The quantitative estimate of drug-likeness (QED) is 0.125. The molecule has 12 rings (SSSR count). The molecule has 0 aromatic heterocycles. The molecule has 1 heterocycles. The van der Waals surface area contributed by atoms with Crippen molar-refractivity contribution in [3.63, 3.8) is 0 Å². The number of hydrogen-bond acceptors (Lipinski definition) is 0. The van der Waals surface area contributed by atoms with E-state index < -0.39 is 8.07 Å². The Labute approximate surface area is 333 Å². The summed E-state index contributed by atoms with van der Waals surface area (Å²) in [5.74, 6) is 0. The van der Waals surface area contributed by atoms with Gasteiger partial charge < -0.3 is 0 Å². The summed E-state index contributed by atoms with van der Waals surface area (Å²) in [5, 5.41) is 18.6. The smallest absolute Gasteiger partial charge is 0.0616 e. The van der Waals surface area contributed by atoms with Gasteiger partial charge >= 0.3 is 0 Å². The minimum Gasteiger partial charge on any atom is -0.0616 e. The third kappa shape index (κ3) is 4.79. The largest absolute Gasteiger partial charge is 0.114 e. The maximum absolute atomic E-state index is 2.59. The van der Waals surface area contributed by atoms with Gasteiger partial charge in [-0.05, 0) is 144 Å². The van der Waals surface area contributed by atoms with Crippen LogP contribution < -0.4 is 10.4 Å². The monoisotopic (exact) mass is 738 g/mol. The second kappa shape index (κ2) is 12.1. The molecular weight excluding hydrogens is 701 g/mol. The van der Waals surface area contributed by atoms with Crippen molar-refractivity contribution in [3.8, 4) is 44.5 Å². The van der Waals surface area contributed by atoms with E-state index in [2.05, 4.69) is 207 Å². The van der Waals surface area contributed by atoms with Crippen molar-refractivity contribution in [1.29, 1.82) is 0 Å². The van der Waals surface area contributed by atoms with Gasteiger partial charge in [0, 0.05) is 0 Å². The third-order valence-corrected chi connectivity index (χ3v) is 16.5. The van der Waals surface area contributed by atoms with Crippen molar-refractivity contribution in [2.45, 2.75) is 13.1 Å². The average Bonchev–Trinajstić information content (AvgIpc) is 3.48. The fourth-order valence-corrected chi connectivity index (χ4v) is 13.7. The maximum Gasteiger partial charge on any atom is 0.114 e. The van der Waals surface area contributed by atoms with E-state index in [9.17, 15) is 0 Å². The standard InChI is InChI=1S/C56H38Si/c1-57(2)52-34-41-18-8-7-17-40(41)32-50(52)48-28-29-49-53(43-24-22-35-12-3-5-15-38(35)30-43)47-27-26-42(46-21-11-19-37-14-9-10-20-45(37)46)33-51(47)54(55(49)56(48)57)44-25-23-36-13-4-6-16-39(36)31-44/h3-34H,1-2H3. The molecule has 1 aliphatic heterocycles. The zero-order chi connectivity index (χ0) is 37.8. The van der Waals surface area contributed by atoms with Crippen molar-refractivity contribution >= 4 is 83.1 Å². The Morgan fingerprint density at radius 1 is 0.298 bits per heavy atom. The molecule has 1 aliphatic rings. The first-order chi connectivity index (χ1) is 28.0. The molecule has 0 atom stereocenters. The van der Waals surface area contributed by atoms with Gasteiger partial charge in [-0.1, -0.05) is 183 Å². The van der Waals surface area contributed by atoms with Crippen LogP contribution in [0.3, 0.4) is 0 Å². The molecule has 0 aliphatic carbocycles. The highest BCUT2D eigenvalue weighted by Gasteiger charge is 2.40. The second-order valence-electron chi connectivity index (χ2n) is 16.4. The first-order valence-electron chi connectivity index (χ1n) is 20.1. The molecule has 0 nitrogen and oxygen atoms in total. The lowest BCUT2D eigenvalue weighted by Crippen LogP contribution is -2.49. The van der Waals surface area contributed by atoms with Crippen LogP contribution in [0.4, 0.5) is 0 Å². The summed E-state index contributed by atoms with van der Waals surface area (Å²) in [5.41, 5.74) is 10.5. The molecule has 11 aromatic carbocycles. The molecule has 0 unspecified atom stereocenters. The number of fused-ring (bicyclic) bond motifs is 10. The van der Waals surface area contributed by atoms with Crippen molar-refractivity contribution < 1.29 is 0 Å². The Hall–Kier alpha value is -6.80. The molecule has 0 N–H and O–H groups in total. The molecule has 266 valence electrons. The molecule has 0 saturated carbocycles.